The first-order valence-corrected chi connectivity index (χ1v) is 12.9. The van der Waals surface area contributed by atoms with Gasteiger partial charge in [0.2, 0.25) is 15.9 Å². The molecule has 0 radical (unpaired) electrons. The number of benzene rings is 3. The zero-order valence-electron chi connectivity index (χ0n) is 20.4. The zero-order valence-corrected chi connectivity index (χ0v) is 21.3. The minimum atomic E-state index is -3.70. The lowest BCUT2D eigenvalue weighted by Crippen LogP contribution is -2.44. The molecule has 1 heterocycles. The maximum absolute atomic E-state index is 13.4. The second-order valence-corrected chi connectivity index (χ2v) is 12.0. The summed E-state index contributed by atoms with van der Waals surface area (Å²) in [5, 5.41) is 0. The first-order chi connectivity index (χ1) is 16.0. The number of sulfonamides is 1. The molecule has 4 rings (SSSR count). The topological polar surface area (TPSA) is 59.0 Å². The SMILES string of the molecule is Cc1ccc(S(=O)(=O)N(C)CC2(c3ccc(C(C)(C)C)cc3)CN=C(c3ccccc3)O2)cc1. The van der Waals surface area contributed by atoms with Crippen LogP contribution in [0.5, 0.6) is 0 Å². The molecule has 178 valence electrons. The third-order valence-electron chi connectivity index (χ3n) is 6.28. The molecule has 0 spiro atoms. The smallest absolute Gasteiger partial charge is 0.242 e. The Morgan fingerprint density at radius 3 is 2.15 bits per heavy atom. The van der Waals surface area contributed by atoms with Crippen LogP contribution >= 0.6 is 0 Å². The van der Waals surface area contributed by atoms with Crippen LogP contribution in [0.25, 0.3) is 0 Å². The number of hydrogen-bond donors (Lipinski definition) is 0. The van der Waals surface area contributed by atoms with Gasteiger partial charge in [-0.25, -0.2) is 13.4 Å². The first kappa shape index (κ1) is 24.2. The monoisotopic (exact) mass is 476 g/mol. The van der Waals surface area contributed by atoms with Crippen molar-refractivity contribution in [2.45, 2.75) is 43.6 Å². The summed E-state index contributed by atoms with van der Waals surface area (Å²) in [6.45, 7) is 8.91. The molecule has 3 aromatic carbocycles. The number of aliphatic imine (C=N–C) groups is 1. The van der Waals surface area contributed by atoms with E-state index in [0.29, 0.717) is 12.4 Å². The molecule has 1 aliphatic rings. The third kappa shape index (κ3) is 4.79. The molecular formula is C28H32N2O3S. The number of likely N-dealkylation sites (N-methyl/N-ethyl adjacent to an activating group) is 1. The Bertz CT molecular complexity index is 1280. The predicted molar refractivity (Wildman–Crippen MR) is 137 cm³/mol. The van der Waals surface area contributed by atoms with Crippen LogP contribution in [0, 0.1) is 6.92 Å². The lowest BCUT2D eigenvalue weighted by Gasteiger charge is -2.33. The molecule has 3 aromatic rings. The zero-order chi connectivity index (χ0) is 24.6. The predicted octanol–water partition coefficient (Wildman–Crippen LogP) is 5.29. The van der Waals surface area contributed by atoms with Gasteiger partial charge in [-0.05, 0) is 47.7 Å². The van der Waals surface area contributed by atoms with Gasteiger partial charge in [0, 0.05) is 12.6 Å². The number of aryl methyl sites for hydroxylation is 1. The van der Waals surface area contributed by atoms with Crippen molar-refractivity contribution >= 4 is 15.9 Å². The molecular weight excluding hydrogens is 444 g/mol. The number of hydrogen-bond acceptors (Lipinski definition) is 4. The Kier molecular flexibility index (Phi) is 6.40. The molecule has 6 heteroatoms. The fourth-order valence-electron chi connectivity index (χ4n) is 4.11. The summed E-state index contributed by atoms with van der Waals surface area (Å²) in [7, 11) is -2.10. The van der Waals surface area contributed by atoms with E-state index in [9.17, 15) is 8.42 Å². The van der Waals surface area contributed by atoms with Crippen LogP contribution in [0.15, 0.2) is 88.8 Å². The van der Waals surface area contributed by atoms with Crippen molar-refractivity contribution in [2.24, 2.45) is 4.99 Å². The van der Waals surface area contributed by atoms with Gasteiger partial charge in [0.15, 0.2) is 5.60 Å². The minimum Gasteiger partial charge on any atom is -0.463 e. The highest BCUT2D eigenvalue weighted by Crippen LogP contribution is 2.36. The molecule has 0 aliphatic carbocycles. The van der Waals surface area contributed by atoms with Crippen LogP contribution in [-0.2, 0) is 25.8 Å². The van der Waals surface area contributed by atoms with Crippen LogP contribution in [0.1, 0.15) is 43.0 Å². The molecule has 34 heavy (non-hydrogen) atoms. The fraction of sp³-hybridized carbons (Fsp3) is 0.321. The molecule has 5 nitrogen and oxygen atoms in total. The molecule has 0 saturated carbocycles. The van der Waals surface area contributed by atoms with Gasteiger partial charge in [0.25, 0.3) is 0 Å². The Hall–Kier alpha value is -2.96. The lowest BCUT2D eigenvalue weighted by molar-refractivity contribution is 0.0683. The number of rotatable bonds is 6. The largest absolute Gasteiger partial charge is 0.463 e. The first-order valence-electron chi connectivity index (χ1n) is 11.4. The number of nitrogens with zero attached hydrogens (tertiary/aromatic N) is 2. The van der Waals surface area contributed by atoms with E-state index >= 15 is 0 Å². The summed E-state index contributed by atoms with van der Waals surface area (Å²) in [4.78, 5) is 4.96. The number of ether oxygens (including phenoxy) is 1. The molecule has 0 saturated heterocycles. The Balaban J connectivity index is 1.69. The molecule has 1 unspecified atom stereocenters. The van der Waals surface area contributed by atoms with Crippen LogP contribution in [0.3, 0.4) is 0 Å². The highest BCUT2D eigenvalue weighted by Gasteiger charge is 2.43. The van der Waals surface area contributed by atoms with E-state index in [1.54, 1.807) is 19.2 Å². The van der Waals surface area contributed by atoms with Gasteiger partial charge in [-0.2, -0.15) is 4.31 Å². The maximum atomic E-state index is 13.4. The average molecular weight is 477 g/mol. The van der Waals surface area contributed by atoms with Crippen LogP contribution in [0.2, 0.25) is 0 Å². The molecule has 0 aromatic heterocycles. The Morgan fingerprint density at radius 1 is 0.941 bits per heavy atom. The second-order valence-electron chi connectivity index (χ2n) is 9.99. The van der Waals surface area contributed by atoms with Gasteiger partial charge < -0.3 is 4.74 Å². The quantitative estimate of drug-likeness (QED) is 0.486. The summed E-state index contributed by atoms with van der Waals surface area (Å²) in [6.07, 6.45) is 0. The van der Waals surface area contributed by atoms with E-state index < -0.39 is 15.6 Å². The van der Waals surface area contributed by atoms with E-state index in [0.717, 1.165) is 16.7 Å². The van der Waals surface area contributed by atoms with Crippen molar-refractivity contribution in [2.75, 3.05) is 20.1 Å². The highest BCUT2D eigenvalue weighted by atomic mass is 32.2. The summed E-state index contributed by atoms with van der Waals surface area (Å²) < 4.78 is 34.6. The molecule has 0 amide bonds. The summed E-state index contributed by atoms with van der Waals surface area (Å²) in [5.74, 6) is 0.529. The minimum absolute atomic E-state index is 0.0134. The van der Waals surface area contributed by atoms with Crippen molar-refractivity contribution in [3.05, 3.63) is 101 Å². The Morgan fingerprint density at radius 2 is 1.56 bits per heavy atom. The third-order valence-corrected chi connectivity index (χ3v) is 8.09. The molecule has 1 aliphatic heterocycles. The van der Waals surface area contributed by atoms with Gasteiger partial charge in [0.1, 0.15) is 0 Å². The standard InChI is InChI=1S/C28H32N2O3S/c1-21-11-17-25(18-12-21)34(31,32)30(5)20-28(24-15-13-23(14-16-24)27(2,3)4)19-29-26(33-28)22-9-7-6-8-10-22/h6-18H,19-20H2,1-5H3. The van der Waals surface area contributed by atoms with Crippen LogP contribution < -0.4 is 0 Å². The lowest BCUT2D eigenvalue weighted by atomic mass is 9.84. The van der Waals surface area contributed by atoms with E-state index in [-0.39, 0.29) is 16.9 Å². The van der Waals surface area contributed by atoms with Crippen molar-refractivity contribution in [1.29, 1.82) is 0 Å². The van der Waals surface area contributed by atoms with Gasteiger partial charge in [-0.1, -0.05) is 80.9 Å². The van der Waals surface area contributed by atoms with E-state index in [2.05, 4.69) is 32.9 Å². The van der Waals surface area contributed by atoms with Crippen molar-refractivity contribution < 1.29 is 13.2 Å². The fourth-order valence-corrected chi connectivity index (χ4v) is 5.33. The molecule has 0 bridgehead atoms. The molecule has 0 N–H and O–H groups in total. The molecule has 0 fully saturated rings. The van der Waals surface area contributed by atoms with Gasteiger partial charge >= 0.3 is 0 Å². The highest BCUT2D eigenvalue weighted by molar-refractivity contribution is 7.89. The maximum Gasteiger partial charge on any atom is 0.242 e. The molecule has 1 atom stereocenters. The van der Waals surface area contributed by atoms with Gasteiger partial charge in [0.05, 0.1) is 18.0 Å². The van der Waals surface area contributed by atoms with Crippen LogP contribution in [0.4, 0.5) is 0 Å². The normalized spacial score (nSPS) is 18.6. The summed E-state index contributed by atoms with van der Waals surface area (Å²) >= 11 is 0. The second kappa shape index (κ2) is 9.01. The van der Waals surface area contributed by atoms with E-state index in [1.807, 2.05) is 61.5 Å². The van der Waals surface area contributed by atoms with Crippen molar-refractivity contribution in [1.82, 2.24) is 4.31 Å². The van der Waals surface area contributed by atoms with Crippen molar-refractivity contribution in [3.63, 3.8) is 0 Å². The van der Waals surface area contributed by atoms with Gasteiger partial charge in [-0.3, -0.25) is 0 Å². The summed E-state index contributed by atoms with van der Waals surface area (Å²) in [6, 6.07) is 24.9. The van der Waals surface area contributed by atoms with E-state index in [1.165, 1.54) is 9.87 Å². The van der Waals surface area contributed by atoms with Crippen LogP contribution in [-0.4, -0.2) is 38.8 Å². The summed E-state index contributed by atoms with van der Waals surface area (Å²) in [5.41, 5.74) is 3.08. The van der Waals surface area contributed by atoms with Crippen molar-refractivity contribution in [3.8, 4) is 0 Å². The van der Waals surface area contributed by atoms with E-state index in [4.69, 9.17) is 9.73 Å². The van der Waals surface area contributed by atoms with Gasteiger partial charge in [-0.15, -0.1) is 0 Å². The average Bonchev–Trinajstić information content (AvgIpc) is 3.25. The Labute approximate surface area is 203 Å².